The molecule has 1 saturated heterocycles. The first-order valence-corrected chi connectivity index (χ1v) is 9.60. The van der Waals surface area contributed by atoms with E-state index in [1.165, 1.54) is 12.1 Å². The Balaban J connectivity index is 1.85. The Hall–Kier alpha value is -2.38. The lowest BCUT2D eigenvalue weighted by Crippen LogP contribution is -2.47. The number of nitrogens with zero attached hydrogens (tertiary/aromatic N) is 2. The summed E-state index contributed by atoms with van der Waals surface area (Å²) in [5.41, 5.74) is 0.668. The minimum atomic E-state index is -3.74. The van der Waals surface area contributed by atoms with Crippen LogP contribution in [0.5, 0.6) is 0 Å². The third-order valence-electron chi connectivity index (χ3n) is 4.25. The Morgan fingerprint density at radius 3 is 2.20 bits per heavy atom. The van der Waals surface area contributed by atoms with Crippen molar-refractivity contribution in [3.05, 3.63) is 60.2 Å². The van der Waals surface area contributed by atoms with Crippen LogP contribution in [0.3, 0.4) is 0 Å². The lowest BCUT2D eigenvalue weighted by Gasteiger charge is -2.32. The second-order valence-corrected chi connectivity index (χ2v) is 7.74. The normalized spacial score (nSPS) is 15.8. The highest BCUT2D eigenvalue weighted by atomic mass is 32.2. The molecule has 0 unspecified atom stereocenters. The second kappa shape index (κ2) is 7.25. The zero-order valence-electron chi connectivity index (χ0n) is 14.1. The summed E-state index contributed by atoms with van der Waals surface area (Å²) in [6.45, 7) is 2.89. The molecule has 6 nitrogen and oxygen atoms in total. The molecule has 1 N–H and O–H groups in total. The van der Waals surface area contributed by atoms with E-state index in [1.807, 2.05) is 7.05 Å². The van der Waals surface area contributed by atoms with E-state index in [-0.39, 0.29) is 10.8 Å². The fourth-order valence-corrected chi connectivity index (χ4v) is 3.84. The lowest BCUT2D eigenvalue weighted by molar-refractivity contribution is 0.0665. The van der Waals surface area contributed by atoms with E-state index in [9.17, 15) is 13.2 Å². The summed E-state index contributed by atoms with van der Waals surface area (Å²) in [7, 11) is -1.72. The third-order valence-corrected chi connectivity index (χ3v) is 5.63. The number of nitrogens with one attached hydrogen (secondary N) is 1. The van der Waals surface area contributed by atoms with Crippen molar-refractivity contribution in [2.45, 2.75) is 4.90 Å². The van der Waals surface area contributed by atoms with Gasteiger partial charge in [-0.1, -0.05) is 30.3 Å². The Morgan fingerprint density at radius 1 is 0.920 bits per heavy atom. The van der Waals surface area contributed by atoms with E-state index in [2.05, 4.69) is 9.62 Å². The average Bonchev–Trinajstić information content (AvgIpc) is 2.63. The summed E-state index contributed by atoms with van der Waals surface area (Å²) in [6, 6.07) is 14.8. The number of hydrogen-bond acceptors (Lipinski definition) is 4. The zero-order valence-corrected chi connectivity index (χ0v) is 14.9. The van der Waals surface area contributed by atoms with Crippen LogP contribution in [-0.2, 0) is 10.0 Å². The fraction of sp³-hybridized carbons (Fsp3) is 0.278. The number of benzene rings is 2. The molecule has 2 aromatic rings. The largest absolute Gasteiger partial charge is 0.336 e. The minimum absolute atomic E-state index is 0.153. The average molecular weight is 359 g/mol. The van der Waals surface area contributed by atoms with Crippen molar-refractivity contribution in [1.82, 2.24) is 9.80 Å². The highest BCUT2D eigenvalue weighted by Crippen LogP contribution is 2.22. The first-order valence-electron chi connectivity index (χ1n) is 8.12. The number of carbonyl (C=O) groups is 1. The van der Waals surface area contributed by atoms with Gasteiger partial charge < -0.3 is 9.80 Å². The Bertz CT molecular complexity index is 845. The number of piperazine rings is 1. The van der Waals surface area contributed by atoms with Gasteiger partial charge in [-0.25, -0.2) is 8.42 Å². The van der Waals surface area contributed by atoms with E-state index in [1.54, 1.807) is 47.4 Å². The number of carbonyl (C=O) groups excluding carboxylic acids is 1. The summed E-state index contributed by atoms with van der Waals surface area (Å²) in [5, 5.41) is 0. The molecule has 0 aliphatic carbocycles. The quantitative estimate of drug-likeness (QED) is 0.905. The van der Waals surface area contributed by atoms with E-state index in [0.29, 0.717) is 24.3 Å². The number of likely N-dealkylation sites (N-methyl/N-ethyl adjacent to an activating group) is 1. The van der Waals surface area contributed by atoms with Gasteiger partial charge in [0.1, 0.15) is 0 Å². The predicted octanol–water partition coefficient (Wildman–Crippen LogP) is 1.88. The lowest BCUT2D eigenvalue weighted by atomic mass is 10.1. The summed E-state index contributed by atoms with van der Waals surface area (Å²) < 4.78 is 27.7. The third kappa shape index (κ3) is 4.00. The maximum Gasteiger partial charge on any atom is 0.261 e. The van der Waals surface area contributed by atoms with Crippen LogP contribution in [0, 0.1) is 0 Å². The molecule has 0 aromatic heterocycles. The van der Waals surface area contributed by atoms with Crippen LogP contribution in [0.4, 0.5) is 5.69 Å². The van der Waals surface area contributed by atoms with Crippen LogP contribution in [0.25, 0.3) is 0 Å². The van der Waals surface area contributed by atoms with Gasteiger partial charge in [0.05, 0.1) is 16.1 Å². The van der Waals surface area contributed by atoms with Gasteiger partial charge in [-0.2, -0.15) is 0 Å². The maximum absolute atomic E-state index is 12.8. The SMILES string of the molecule is CN1CCN(C(=O)c2ccccc2NS(=O)(=O)c2ccccc2)CC1. The van der Waals surface area contributed by atoms with Gasteiger partial charge in [0.15, 0.2) is 0 Å². The topological polar surface area (TPSA) is 69.7 Å². The van der Waals surface area contributed by atoms with Crippen molar-refractivity contribution in [3.63, 3.8) is 0 Å². The Labute approximate surface area is 148 Å². The van der Waals surface area contributed by atoms with E-state index in [4.69, 9.17) is 0 Å². The van der Waals surface area contributed by atoms with E-state index < -0.39 is 10.0 Å². The standard InChI is InChI=1S/C18H21N3O3S/c1-20-11-13-21(14-12-20)18(22)16-9-5-6-10-17(16)19-25(23,24)15-7-3-2-4-8-15/h2-10,19H,11-14H2,1H3. The molecular formula is C18H21N3O3S. The van der Waals surface area contributed by atoms with Crippen LogP contribution >= 0.6 is 0 Å². The molecule has 0 radical (unpaired) electrons. The van der Waals surface area contributed by atoms with Gasteiger partial charge in [0, 0.05) is 26.2 Å². The van der Waals surface area contributed by atoms with Gasteiger partial charge in [-0.15, -0.1) is 0 Å². The molecule has 0 bridgehead atoms. The maximum atomic E-state index is 12.8. The molecule has 1 aliphatic heterocycles. The van der Waals surface area contributed by atoms with Crippen molar-refractivity contribution in [1.29, 1.82) is 0 Å². The summed E-state index contributed by atoms with van der Waals surface area (Å²) in [5.74, 6) is -0.153. The molecule has 132 valence electrons. The van der Waals surface area contributed by atoms with Gasteiger partial charge in [-0.05, 0) is 31.3 Å². The molecule has 1 fully saturated rings. The highest BCUT2D eigenvalue weighted by molar-refractivity contribution is 7.92. The first-order chi connectivity index (χ1) is 12.0. The second-order valence-electron chi connectivity index (χ2n) is 6.06. The number of hydrogen-bond donors (Lipinski definition) is 1. The van der Waals surface area contributed by atoms with Gasteiger partial charge in [-0.3, -0.25) is 9.52 Å². The number of sulfonamides is 1. The van der Waals surface area contributed by atoms with Crippen LogP contribution in [0.15, 0.2) is 59.5 Å². The van der Waals surface area contributed by atoms with Crippen molar-refractivity contribution in [2.24, 2.45) is 0 Å². The number of anilines is 1. The van der Waals surface area contributed by atoms with E-state index in [0.717, 1.165) is 13.1 Å². The van der Waals surface area contributed by atoms with Gasteiger partial charge in [0.2, 0.25) is 0 Å². The van der Waals surface area contributed by atoms with Crippen molar-refractivity contribution < 1.29 is 13.2 Å². The first kappa shape index (κ1) is 17.4. The van der Waals surface area contributed by atoms with Crippen LogP contribution < -0.4 is 4.72 Å². The zero-order chi connectivity index (χ0) is 17.9. The van der Waals surface area contributed by atoms with Gasteiger partial charge in [0.25, 0.3) is 15.9 Å². The molecule has 0 atom stereocenters. The summed E-state index contributed by atoms with van der Waals surface area (Å²) >= 11 is 0. The van der Waals surface area contributed by atoms with Crippen molar-refractivity contribution in [3.8, 4) is 0 Å². The number of para-hydroxylation sites is 1. The smallest absolute Gasteiger partial charge is 0.261 e. The molecule has 1 heterocycles. The molecule has 3 rings (SSSR count). The molecule has 7 heteroatoms. The van der Waals surface area contributed by atoms with Crippen LogP contribution in [0.2, 0.25) is 0 Å². The monoisotopic (exact) mass is 359 g/mol. The van der Waals surface area contributed by atoms with Crippen LogP contribution in [-0.4, -0.2) is 57.4 Å². The number of rotatable bonds is 4. The number of amides is 1. The fourth-order valence-electron chi connectivity index (χ4n) is 2.74. The van der Waals surface area contributed by atoms with Crippen LogP contribution in [0.1, 0.15) is 10.4 Å². The Morgan fingerprint density at radius 2 is 1.52 bits per heavy atom. The van der Waals surface area contributed by atoms with E-state index >= 15 is 0 Å². The molecule has 1 aliphatic rings. The molecule has 0 spiro atoms. The van der Waals surface area contributed by atoms with Crippen molar-refractivity contribution >= 4 is 21.6 Å². The highest BCUT2D eigenvalue weighted by Gasteiger charge is 2.24. The molecule has 2 aromatic carbocycles. The Kier molecular flexibility index (Phi) is 5.06. The minimum Gasteiger partial charge on any atom is -0.336 e. The predicted molar refractivity (Wildman–Crippen MR) is 97.1 cm³/mol. The molecule has 1 amide bonds. The molecule has 0 saturated carbocycles. The van der Waals surface area contributed by atoms with Gasteiger partial charge >= 0.3 is 0 Å². The summed E-state index contributed by atoms with van der Waals surface area (Å²) in [4.78, 5) is 16.9. The molecule has 25 heavy (non-hydrogen) atoms. The van der Waals surface area contributed by atoms with Crippen molar-refractivity contribution in [2.75, 3.05) is 37.9 Å². The molecular weight excluding hydrogens is 338 g/mol. The summed E-state index contributed by atoms with van der Waals surface area (Å²) in [6.07, 6.45) is 0.